The number of nitrogens with zero attached hydrogens (tertiary/aromatic N) is 2. The second-order valence-corrected chi connectivity index (χ2v) is 6.37. The number of rotatable bonds is 2. The monoisotopic (exact) mass is 317 g/mol. The Morgan fingerprint density at radius 3 is 2.90 bits per heavy atom. The Morgan fingerprint density at radius 2 is 2.10 bits per heavy atom. The van der Waals surface area contributed by atoms with Crippen LogP contribution in [0.4, 0.5) is 0 Å². The summed E-state index contributed by atoms with van der Waals surface area (Å²) in [5.41, 5.74) is 0. The summed E-state index contributed by atoms with van der Waals surface area (Å²) in [6.07, 6.45) is 5.02. The molecule has 21 heavy (non-hydrogen) atoms. The van der Waals surface area contributed by atoms with E-state index >= 15 is 0 Å². The van der Waals surface area contributed by atoms with Crippen molar-refractivity contribution < 1.29 is 9.53 Å². The second-order valence-electron chi connectivity index (χ2n) is 6.37. The van der Waals surface area contributed by atoms with E-state index in [0.29, 0.717) is 37.2 Å². The van der Waals surface area contributed by atoms with Gasteiger partial charge in [-0.05, 0) is 19.8 Å². The third-order valence-corrected chi connectivity index (χ3v) is 5.03. The predicted molar refractivity (Wildman–Crippen MR) is 84.9 cm³/mol. The first-order valence-corrected chi connectivity index (χ1v) is 8.11. The molecule has 3 rings (SSSR count). The molecule has 3 atom stereocenters. The number of hydrogen-bond donors (Lipinski definition) is 1. The molecule has 0 aromatic heterocycles. The van der Waals surface area contributed by atoms with E-state index in [1.54, 1.807) is 0 Å². The molecule has 0 bridgehead atoms. The molecule has 0 aromatic carbocycles. The molecular formula is C15H28ClN3O2. The Bertz CT molecular complexity index is 354. The van der Waals surface area contributed by atoms with E-state index in [9.17, 15) is 4.79 Å². The van der Waals surface area contributed by atoms with Gasteiger partial charge in [-0.25, -0.2) is 0 Å². The number of nitrogens with one attached hydrogen (secondary N) is 1. The lowest BCUT2D eigenvalue weighted by Gasteiger charge is -2.45. The minimum atomic E-state index is 0. The van der Waals surface area contributed by atoms with Gasteiger partial charge >= 0.3 is 0 Å². The van der Waals surface area contributed by atoms with E-state index in [2.05, 4.69) is 22.0 Å². The van der Waals surface area contributed by atoms with Crippen molar-refractivity contribution in [3.63, 3.8) is 0 Å². The van der Waals surface area contributed by atoms with E-state index in [0.717, 1.165) is 39.0 Å². The Balaban J connectivity index is 0.00000161. The molecule has 0 aromatic rings. The maximum atomic E-state index is 12.7. The molecule has 3 aliphatic rings. The van der Waals surface area contributed by atoms with Crippen molar-refractivity contribution in [1.29, 1.82) is 0 Å². The molecule has 6 heteroatoms. The van der Waals surface area contributed by atoms with Crippen molar-refractivity contribution in [2.24, 2.45) is 0 Å². The summed E-state index contributed by atoms with van der Waals surface area (Å²) in [5, 5.41) is 3.38. The molecule has 0 radical (unpaired) electrons. The summed E-state index contributed by atoms with van der Waals surface area (Å²) >= 11 is 0. The number of amides is 1. The van der Waals surface area contributed by atoms with Crippen LogP contribution in [0.1, 0.15) is 32.6 Å². The van der Waals surface area contributed by atoms with Gasteiger partial charge in [-0.2, -0.15) is 0 Å². The second kappa shape index (κ2) is 7.77. The molecule has 122 valence electrons. The minimum absolute atomic E-state index is 0. The number of halogens is 1. The van der Waals surface area contributed by atoms with E-state index in [4.69, 9.17) is 4.74 Å². The number of carbonyl (C=O) groups excluding carboxylic acids is 1. The van der Waals surface area contributed by atoms with Gasteiger partial charge < -0.3 is 15.0 Å². The zero-order valence-corrected chi connectivity index (χ0v) is 13.7. The minimum Gasteiger partial charge on any atom is -0.374 e. The highest BCUT2D eigenvalue weighted by molar-refractivity contribution is 5.85. The third-order valence-electron chi connectivity index (χ3n) is 5.03. The van der Waals surface area contributed by atoms with Crippen molar-refractivity contribution in [3.8, 4) is 0 Å². The summed E-state index contributed by atoms with van der Waals surface area (Å²) in [5.74, 6) is 0.305. The van der Waals surface area contributed by atoms with Crippen LogP contribution in [0.25, 0.3) is 0 Å². The topological polar surface area (TPSA) is 44.8 Å². The van der Waals surface area contributed by atoms with E-state index < -0.39 is 0 Å². The van der Waals surface area contributed by atoms with E-state index in [-0.39, 0.29) is 12.4 Å². The SMILES string of the molecule is C[C@H]1CNCCN1CC(=O)N1CCOC2CCCCC21.Cl. The fourth-order valence-corrected chi connectivity index (χ4v) is 3.79. The number of hydrogen-bond acceptors (Lipinski definition) is 4. The lowest BCUT2D eigenvalue weighted by atomic mass is 9.90. The van der Waals surface area contributed by atoms with Gasteiger partial charge in [0.25, 0.3) is 0 Å². The largest absolute Gasteiger partial charge is 0.374 e. The molecule has 3 fully saturated rings. The Morgan fingerprint density at radius 1 is 1.29 bits per heavy atom. The quantitative estimate of drug-likeness (QED) is 0.821. The number of fused-ring (bicyclic) bond motifs is 1. The highest BCUT2D eigenvalue weighted by atomic mass is 35.5. The van der Waals surface area contributed by atoms with Crippen LogP contribution in [0.5, 0.6) is 0 Å². The average Bonchev–Trinajstić information content (AvgIpc) is 2.49. The average molecular weight is 318 g/mol. The van der Waals surface area contributed by atoms with Gasteiger partial charge in [0.15, 0.2) is 0 Å². The molecule has 0 spiro atoms. The Labute approximate surface area is 133 Å². The van der Waals surface area contributed by atoms with E-state index in [1.165, 1.54) is 12.8 Å². The van der Waals surface area contributed by atoms with Crippen molar-refractivity contribution >= 4 is 18.3 Å². The molecule has 2 aliphatic heterocycles. The van der Waals surface area contributed by atoms with Crippen molar-refractivity contribution in [3.05, 3.63) is 0 Å². The number of piperazine rings is 1. The highest BCUT2D eigenvalue weighted by Gasteiger charge is 2.37. The van der Waals surface area contributed by atoms with Crippen LogP contribution in [0, 0.1) is 0 Å². The van der Waals surface area contributed by atoms with Crippen LogP contribution in [0.15, 0.2) is 0 Å². The molecule has 1 saturated carbocycles. The van der Waals surface area contributed by atoms with Crippen LogP contribution in [-0.4, -0.2) is 73.2 Å². The zero-order valence-electron chi connectivity index (χ0n) is 12.9. The van der Waals surface area contributed by atoms with Crippen LogP contribution in [0.2, 0.25) is 0 Å². The van der Waals surface area contributed by atoms with Crippen molar-refractivity contribution in [2.75, 3.05) is 39.3 Å². The summed E-state index contributed by atoms with van der Waals surface area (Å²) in [4.78, 5) is 17.1. The van der Waals surface area contributed by atoms with Crippen LogP contribution >= 0.6 is 12.4 Å². The lowest BCUT2D eigenvalue weighted by Crippen LogP contribution is -2.59. The van der Waals surface area contributed by atoms with Gasteiger partial charge in [-0.3, -0.25) is 9.69 Å². The third kappa shape index (κ3) is 3.89. The first-order valence-electron chi connectivity index (χ1n) is 8.11. The Kier molecular flexibility index (Phi) is 6.29. The molecular weight excluding hydrogens is 290 g/mol. The van der Waals surface area contributed by atoms with Gasteiger partial charge in [0, 0.05) is 32.2 Å². The normalized spacial score (nSPS) is 34.0. The highest BCUT2D eigenvalue weighted by Crippen LogP contribution is 2.28. The maximum absolute atomic E-state index is 12.7. The molecule has 2 heterocycles. The summed E-state index contributed by atoms with van der Waals surface area (Å²) in [6.45, 7) is 7.22. The van der Waals surface area contributed by atoms with Crippen LogP contribution < -0.4 is 5.32 Å². The van der Waals surface area contributed by atoms with Crippen molar-refractivity contribution in [2.45, 2.75) is 50.8 Å². The molecule has 1 amide bonds. The fourth-order valence-electron chi connectivity index (χ4n) is 3.79. The smallest absolute Gasteiger partial charge is 0.237 e. The summed E-state index contributed by atoms with van der Waals surface area (Å²) in [6, 6.07) is 0.791. The van der Waals surface area contributed by atoms with Gasteiger partial charge in [-0.1, -0.05) is 12.8 Å². The van der Waals surface area contributed by atoms with Crippen LogP contribution in [0.3, 0.4) is 0 Å². The standard InChI is InChI=1S/C15H27N3O2.ClH/c1-12-10-16-6-7-17(12)11-15(19)18-8-9-20-14-5-3-2-4-13(14)18;/h12-14,16H,2-11H2,1H3;1H/t12-,13?,14?;/m0./s1. The maximum Gasteiger partial charge on any atom is 0.237 e. The zero-order chi connectivity index (χ0) is 13.9. The number of ether oxygens (including phenoxy) is 1. The van der Waals surface area contributed by atoms with Crippen LogP contribution in [-0.2, 0) is 9.53 Å². The fraction of sp³-hybridized carbons (Fsp3) is 0.933. The molecule has 1 aliphatic carbocycles. The van der Waals surface area contributed by atoms with Crippen molar-refractivity contribution in [1.82, 2.24) is 15.1 Å². The molecule has 5 nitrogen and oxygen atoms in total. The molecule has 2 saturated heterocycles. The van der Waals surface area contributed by atoms with Gasteiger partial charge in [0.05, 0.1) is 25.3 Å². The van der Waals surface area contributed by atoms with Gasteiger partial charge in [0.1, 0.15) is 0 Å². The predicted octanol–water partition coefficient (Wildman–Crippen LogP) is 0.872. The first kappa shape index (κ1) is 17.0. The first-order chi connectivity index (χ1) is 9.75. The van der Waals surface area contributed by atoms with Gasteiger partial charge in [-0.15, -0.1) is 12.4 Å². The lowest BCUT2D eigenvalue weighted by molar-refractivity contribution is -0.151. The number of morpholine rings is 1. The summed E-state index contributed by atoms with van der Waals surface area (Å²) < 4.78 is 5.86. The summed E-state index contributed by atoms with van der Waals surface area (Å²) in [7, 11) is 0. The molecule has 2 unspecified atom stereocenters. The molecule has 1 N–H and O–H groups in total. The number of carbonyl (C=O) groups is 1. The Hall–Kier alpha value is -0.360. The van der Waals surface area contributed by atoms with Gasteiger partial charge in [0.2, 0.25) is 5.91 Å². The van der Waals surface area contributed by atoms with E-state index in [1.807, 2.05) is 0 Å².